The predicted molar refractivity (Wildman–Crippen MR) is 108 cm³/mol. The molecule has 0 spiro atoms. The second-order valence-corrected chi connectivity index (χ2v) is 9.08. The first kappa shape index (κ1) is 26.7. The van der Waals surface area contributed by atoms with Crippen LogP contribution in [-0.2, 0) is 27.2 Å². The molecule has 0 saturated carbocycles. The molecule has 0 bridgehead atoms. The van der Waals surface area contributed by atoms with E-state index in [0.717, 1.165) is 13.1 Å². The van der Waals surface area contributed by atoms with Crippen molar-refractivity contribution in [2.45, 2.75) is 24.2 Å². The van der Waals surface area contributed by atoms with Crippen molar-refractivity contribution in [1.82, 2.24) is 4.31 Å². The van der Waals surface area contributed by atoms with Gasteiger partial charge in [-0.1, -0.05) is 11.6 Å². The molecule has 0 atom stereocenters. The molecule has 6 nitrogen and oxygen atoms in total. The van der Waals surface area contributed by atoms with Crippen molar-refractivity contribution in [3.05, 3.63) is 52.5 Å². The van der Waals surface area contributed by atoms with Crippen LogP contribution < -0.4 is 10.1 Å². The summed E-state index contributed by atoms with van der Waals surface area (Å²) in [7, 11) is -3.26. The lowest BCUT2D eigenvalue weighted by Gasteiger charge is -2.18. The standard InChI is InChI=1S/C19H17ClF6N2O4S/c1-3-32-16-5-4-14(9-15(16)20)33(30,31)28(2)10-17(29)27-13-7-11(18(21,22)23)6-12(8-13)19(24,25)26/h4-9H,3,10H2,1-2H3,(H,27,29). The van der Waals surface area contributed by atoms with Crippen LogP contribution in [0.15, 0.2) is 41.3 Å². The summed E-state index contributed by atoms with van der Waals surface area (Å²) in [6.45, 7) is 1.07. The van der Waals surface area contributed by atoms with Crippen molar-refractivity contribution in [2.75, 3.05) is 25.5 Å². The third-order valence-corrected chi connectivity index (χ3v) is 6.24. The van der Waals surface area contributed by atoms with Gasteiger partial charge in [-0.05, 0) is 43.3 Å². The minimum atomic E-state index is -5.10. The zero-order chi connectivity index (χ0) is 25.2. The van der Waals surface area contributed by atoms with E-state index in [4.69, 9.17) is 16.3 Å². The Balaban J connectivity index is 2.24. The van der Waals surface area contributed by atoms with E-state index in [0.29, 0.717) is 16.4 Å². The summed E-state index contributed by atoms with van der Waals surface area (Å²) in [5, 5.41) is 1.85. The number of sulfonamides is 1. The zero-order valence-corrected chi connectivity index (χ0v) is 18.6. The van der Waals surface area contributed by atoms with Crippen molar-refractivity contribution in [1.29, 1.82) is 0 Å². The van der Waals surface area contributed by atoms with Crippen LogP contribution in [0, 0.1) is 0 Å². The van der Waals surface area contributed by atoms with Gasteiger partial charge in [0.05, 0.1) is 34.2 Å². The number of amides is 1. The molecule has 182 valence electrons. The molecule has 0 aliphatic heterocycles. The van der Waals surface area contributed by atoms with E-state index in [1.807, 2.05) is 5.32 Å². The van der Waals surface area contributed by atoms with Crippen LogP contribution in [0.3, 0.4) is 0 Å². The normalized spacial score (nSPS) is 12.7. The first-order chi connectivity index (χ1) is 15.1. The maximum absolute atomic E-state index is 12.9. The van der Waals surface area contributed by atoms with E-state index in [-0.39, 0.29) is 28.3 Å². The largest absolute Gasteiger partial charge is 0.492 e. The molecule has 33 heavy (non-hydrogen) atoms. The van der Waals surface area contributed by atoms with Crippen molar-refractivity contribution >= 4 is 33.2 Å². The summed E-state index contributed by atoms with van der Waals surface area (Å²) in [6.07, 6.45) is -10.2. The number of hydrogen-bond donors (Lipinski definition) is 1. The van der Waals surface area contributed by atoms with Crippen LogP contribution in [0.25, 0.3) is 0 Å². The number of benzene rings is 2. The highest BCUT2D eigenvalue weighted by atomic mass is 35.5. The minimum absolute atomic E-state index is 0.0144. The molecule has 2 aromatic rings. The van der Waals surface area contributed by atoms with E-state index < -0.39 is 51.6 Å². The van der Waals surface area contributed by atoms with Gasteiger partial charge in [0.25, 0.3) is 0 Å². The molecule has 0 unspecified atom stereocenters. The highest BCUT2D eigenvalue weighted by Gasteiger charge is 2.37. The number of halogens is 7. The average Bonchev–Trinajstić information content (AvgIpc) is 2.67. The second kappa shape index (κ2) is 9.77. The Bertz CT molecular complexity index is 1100. The van der Waals surface area contributed by atoms with Gasteiger partial charge in [-0.15, -0.1) is 0 Å². The number of likely N-dealkylation sites (N-methyl/N-ethyl adjacent to an activating group) is 1. The van der Waals surface area contributed by atoms with Gasteiger partial charge < -0.3 is 10.1 Å². The quantitative estimate of drug-likeness (QED) is 0.521. The Hall–Kier alpha value is -2.51. The molecule has 2 aromatic carbocycles. The van der Waals surface area contributed by atoms with Gasteiger partial charge in [-0.2, -0.15) is 30.6 Å². The van der Waals surface area contributed by atoms with Gasteiger partial charge in [0, 0.05) is 12.7 Å². The van der Waals surface area contributed by atoms with Crippen molar-refractivity contribution < 1.29 is 44.3 Å². The SMILES string of the molecule is CCOc1ccc(S(=O)(=O)N(C)CC(=O)Nc2cc(C(F)(F)F)cc(C(F)(F)F)c2)cc1Cl. The van der Waals surface area contributed by atoms with Gasteiger partial charge >= 0.3 is 12.4 Å². The lowest BCUT2D eigenvalue weighted by atomic mass is 10.1. The van der Waals surface area contributed by atoms with Crippen LogP contribution in [0.2, 0.25) is 5.02 Å². The molecule has 1 amide bonds. The topological polar surface area (TPSA) is 75.7 Å². The van der Waals surface area contributed by atoms with E-state index in [2.05, 4.69) is 0 Å². The number of anilines is 1. The molecule has 0 aliphatic rings. The van der Waals surface area contributed by atoms with Gasteiger partial charge in [0.2, 0.25) is 15.9 Å². The monoisotopic (exact) mass is 518 g/mol. The maximum atomic E-state index is 12.9. The fourth-order valence-corrected chi connectivity index (χ4v) is 4.06. The fourth-order valence-electron chi connectivity index (χ4n) is 2.61. The number of carbonyl (C=O) groups is 1. The van der Waals surface area contributed by atoms with Gasteiger partial charge in [0.15, 0.2) is 0 Å². The molecule has 0 heterocycles. The lowest BCUT2D eigenvalue weighted by molar-refractivity contribution is -0.143. The summed E-state index contributed by atoms with van der Waals surface area (Å²) in [4.78, 5) is 11.9. The number of rotatable bonds is 7. The van der Waals surface area contributed by atoms with Crippen LogP contribution >= 0.6 is 11.6 Å². The number of alkyl halides is 6. The number of nitrogens with one attached hydrogen (secondary N) is 1. The van der Waals surface area contributed by atoms with E-state index in [9.17, 15) is 39.6 Å². The second-order valence-electron chi connectivity index (χ2n) is 6.63. The number of nitrogens with zero attached hydrogens (tertiary/aromatic N) is 1. The molecular formula is C19H17ClF6N2O4S. The van der Waals surface area contributed by atoms with E-state index in [1.165, 1.54) is 12.1 Å². The average molecular weight is 519 g/mol. The first-order valence-electron chi connectivity index (χ1n) is 9.03. The summed E-state index contributed by atoms with van der Waals surface area (Å²) < 4.78 is 109. The van der Waals surface area contributed by atoms with Crippen LogP contribution in [-0.4, -0.2) is 38.8 Å². The molecule has 0 radical (unpaired) electrons. The van der Waals surface area contributed by atoms with Crippen molar-refractivity contribution in [3.63, 3.8) is 0 Å². The molecular weight excluding hydrogens is 502 g/mol. The first-order valence-corrected chi connectivity index (χ1v) is 10.9. The Morgan fingerprint density at radius 3 is 2.03 bits per heavy atom. The molecule has 0 fully saturated rings. The smallest absolute Gasteiger partial charge is 0.416 e. The van der Waals surface area contributed by atoms with Gasteiger partial charge in [0.1, 0.15) is 5.75 Å². The van der Waals surface area contributed by atoms with Gasteiger partial charge in [-0.3, -0.25) is 4.79 Å². The van der Waals surface area contributed by atoms with Crippen LogP contribution in [0.1, 0.15) is 18.1 Å². The Morgan fingerprint density at radius 1 is 1.03 bits per heavy atom. The molecule has 1 N–H and O–H groups in total. The zero-order valence-electron chi connectivity index (χ0n) is 17.0. The summed E-state index contributed by atoms with van der Waals surface area (Å²) in [6, 6.07) is 4.08. The van der Waals surface area contributed by atoms with Crippen molar-refractivity contribution in [2.24, 2.45) is 0 Å². The van der Waals surface area contributed by atoms with Gasteiger partial charge in [-0.25, -0.2) is 8.42 Å². The molecule has 0 saturated heterocycles. The number of ether oxygens (including phenoxy) is 1. The van der Waals surface area contributed by atoms with E-state index in [1.54, 1.807) is 6.92 Å². The van der Waals surface area contributed by atoms with Crippen molar-refractivity contribution in [3.8, 4) is 5.75 Å². The minimum Gasteiger partial charge on any atom is -0.492 e. The summed E-state index contributed by atoms with van der Waals surface area (Å²) in [5.41, 5.74) is -4.05. The predicted octanol–water partition coefficient (Wildman–Crippen LogP) is 5.04. The summed E-state index contributed by atoms with van der Waals surface area (Å²) >= 11 is 5.96. The number of hydrogen-bond acceptors (Lipinski definition) is 4. The molecule has 0 aliphatic carbocycles. The van der Waals surface area contributed by atoms with Crippen LogP contribution in [0.4, 0.5) is 32.0 Å². The molecule has 2 rings (SSSR count). The lowest BCUT2D eigenvalue weighted by Crippen LogP contribution is -2.35. The Morgan fingerprint density at radius 2 is 1.58 bits per heavy atom. The Kier molecular flexibility index (Phi) is 7.92. The van der Waals surface area contributed by atoms with Crippen LogP contribution in [0.5, 0.6) is 5.75 Å². The maximum Gasteiger partial charge on any atom is 0.416 e. The highest BCUT2D eigenvalue weighted by molar-refractivity contribution is 7.89. The molecule has 0 aromatic heterocycles. The highest BCUT2D eigenvalue weighted by Crippen LogP contribution is 2.37. The molecule has 14 heteroatoms. The number of carbonyl (C=O) groups excluding carboxylic acids is 1. The summed E-state index contributed by atoms with van der Waals surface area (Å²) in [5.74, 6) is -0.936. The van der Waals surface area contributed by atoms with E-state index >= 15 is 0 Å². The Labute approximate surface area is 190 Å². The third kappa shape index (κ3) is 6.74. The fraction of sp³-hybridized carbons (Fsp3) is 0.316. The third-order valence-electron chi connectivity index (χ3n) is 4.15.